The number of rotatable bonds is 9. The summed E-state index contributed by atoms with van der Waals surface area (Å²) in [7, 11) is -3.61. The fourth-order valence-electron chi connectivity index (χ4n) is 2.61. The third-order valence-corrected chi connectivity index (χ3v) is 5.76. The van der Waals surface area contributed by atoms with Gasteiger partial charge in [0.1, 0.15) is 0 Å². The summed E-state index contributed by atoms with van der Waals surface area (Å²) in [5, 5.41) is 5.44. The molecule has 7 heteroatoms. The number of carbonyl (C=O) groups is 1. The maximum Gasteiger partial charge on any atom is 0.319 e. The second-order valence-corrected chi connectivity index (χ2v) is 9.01. The summed E-state index contributed by atoms with van der Waals surface area (Å²) in [6, 6.07) is 15.6. The zero-order valence-electron chi connectivity index (χ0n) is 16.6. The second-order valence-electron chi connectivity index (χ2n) is 7.30. The standard InChI is InChI=1S/C21H29N3O3S/c1-16(2)15-22-21(25)23-19-11-13-20(14-12-19)28(26,27)24-17(3)9-10-18-7-5-4-6-8-18/h4-8,11-14,16-17,24H,9-10,15H2,1-3H3,(H2,22,23,25)/t17-/m1/s1. The Morgan fingerprint density at radius 2 is 1.61 bits per heavy atom. The summed E-state index contributed by atoms with van der Waals surface area (Å²) in [6.07, 6.45) is 1.51. The van der Waals surface area contributed by atoms with E-state index >= 15 is 0 Å². The number of hydrogen-bond donors (Lipinski definition) is 3. The summed E-state index contributed by atoms with van der Waals surface area (Å²) >= 11 is 0. The van der Waals surface area contributed by atoms with E-state index in [4.69, 9.17) is 0 Å². The number of anilines is 1. The van der Waals surface area contributed by atoms with Crippen molar-refractivity contribution in [3.8, 4) is 0 Å². The van der Waals surface area contributed by atoms with Crippen molar-refractivity contribution in [2.75, 3.05) is 11.9 Å². The lowest BCUT2D eigenvalue weighted by atomic mass is 10.1. The monoisotopic (exact) mass is 403 g/mol. The minimum absolute atomic E-state index is 0.173. The number of amides is 2. The molecule has 6 nitrogen and oxygen atoms in total. The van der Waals surface area contributed by atoms with E-state index in [1.54, 1.807) is 12.1 Å². The minimum Gasteiger partial charge on any atom is -0.338 e. The van der Waals surface area contributed by atoms with Gasteiger partial charge in [-0.3, -0.25) is 0 Å². The number of aryl methyl sites for hydroxylation is 1. The Bertz CT molecular complexity index is 850. The first-order chi connectivity index (χ1) is 13.3. The SMILES string of the molecule is CC(C)CNC(=O)Nc1ccc(S(=O)(=O)N[C@H](C)CCc2ccccc2)cc1. The van der Waals surface area contributed by atoms with E-state index in [2.05, 4.69) is 15.4 Å². The quantitative estimate of drug-likeness (QED) is 0.596. The Morgan fingerprint density at radius 1 is 0.964 bits per heavy atom. The first-order valence-electron chi connectivity index (χ1n) is 9.47. The van der Waals surface area contributed by atoms with Crippen LogP contribution in [0.1, 0.15) is 32.8 Å². The number of nitrogens with one attached hydrogen (secondary N) is 3. The van der Waals surface area contributed by atoms with Crippen LogP contribution in [-0.2, 0) is 16.4 Å². The number of hydrogen-bond acceptors (Lipinski definition) is 3. The van der Waals surface area contributed by atoms with E-state index in [0.29, 0.717) is 24.6 Å². The molecule has 0 aliphatic heterocycles. The summed E-state index contributed by atoms with van der Waals surface area (Å²) in [5.41, 5.74) is 1.72. The van der Waals surface area contributed by atoms with Crippen LogP contribution >= 0.6 is 0 Å². The van der Waals surface area contributed by atoms with Crippen LogP contribution in [0.4, 0.5) is 10.5 Å². The van der Waals surface area contributed by atoms with Gasteiger partial charge in [-0.05, 0) is 55.5 Å². The van der Waals surface area contributed by atoms with E-state index < -0.39 is 10.0 Å². The molecule has 0 saturated heterocycles. The molecular weight excluding hydrogens is 374 g/mol. The Hall–Kier alpha value is -2.38. The molecule has 2 amide bonds. The third-order valence-electron chi connectivity index (χ3n) is 4.16. The summed E-state index contributed by atoms with van der Waals surface area (Å²) in [5.74, 6) is 0.355. The highest BCUT2D eigenvalue weighted by Crippen LogP contribution is 2.15. The average molecular weight is 404 g/mol. The number of carbonyl (C=O) groups excluding carboxylic acids is 1. The second kappa shape index (κ2) is 10.2. The predicted molar refractivity (Wildman–Crippen MR) is 113 cm³/mol. The van der Waals surface area contributed by atoms with Gasteiger partial charge in [-0.2, -0.15) is 0 Å². The summed E-state index contributed by atoms with van der Waals surface area (Å²) < 4.78 is 27.8. The van der Waals surface area contributed by atoms with E-state index in [0.717, 1.165) is 6.42 Å². The average Bonchev–Trinajstić information content (AvgIpc) is 2.66. The molecular formula is C21H29N3O3S. The van der Waals surface area contributed by atoms with Gasteiger partial charge in [0, 0.05) is 18.3 Å². The van der Waals surface area contributed by atoms with Crippen molar-refractivity contribution in [3.63, 3.8) is 0 Å². The summed E-state index contributed by atoms with van der Waals surface area (Å²) in [4.78, 5) is 12.0. The zero-order chi connectivity index (χ0) is 20.6. The predicted octanol–water partition coefficient (Wildman–Crippen LogP) is 3.76. The van der Waals surface area contributed by atoms with Crippen LogP contribution in [-0.4, -0.2) is 27.0 Å². The molecule has 0 aliphatic rings. The molecule has 0 saturated carbocycles. The van der Waals surface area contributed by atoms with Gasteiger partial charge in [0.15, 0.2) is 0 Å². The molecule has 0 spiro atoms. The van der Waals surface area contributed by atoms with Crippen LogP contribution in [0.5, 0.6) is 0 Å². The topological polar surface area (TPSA) is 87.3 Å². The summed E-state index contributed by atoms with van der Waals surface area (Å²) in [6.45, 7) is 6.44. The van der Waals surface area contributed by atoms with Gasteiger partial charge in [0.2, 0.25) is 10.0 Å². The Balaban J connectivity index is 1.89. The normalized spacial score (nSPS) is 12.6. The maximum absolute atomic E-state index is 12.6. The van der Waals surface area contributed by atoms with Gasteiger partial charge in [0.05, 0.1) is 4.90 Å². The minimum atomic E-state index is -3.61. The van der Waals surface area contributed by atoms with Crippen LogP contribution in [0.15, 0.2) is 59.5 Å². The number of sulfonamides is 1. The van der Waals surface area contributed by atoms with Gasteiger partial charge in [-0.25, -0.2) is 17.9 Å². The Morgan fingerprint density at radius 3 is 2.21 bits per heavy atom. The molecule has 2 aromatic rings. The van der Waals surface area contributed by atoms with Crippen molar-refractivity contribution < 1.29 is 13.2 Å². The lowest BCUT2D eigenvalue weighted by Gasteiger charge is -2.15. The van der Waals surface area contributed by atoms with E-state index in [1.807, 2.05) is 51.1 Å². The molecule has 2 rings (SSSR count). The Labute approximate surface area is 167 Å². The molecule has 1 atom stereocenters. The molecule has 0 bridgehead atoms. The highest BCUT2D eigenvalue weighted by molar-refractivity contribution is 7.89. The van der Waals surface area contributed by atoms with Crippen molar-refractivity contribution in [2.45, 2.75) is 44.6 Å². The van der Waals surface area contributed by atoms with Crippen molar-refractivity contribution in [3.05, 3.63) is 60.2 Å². The molecule has 2 aromatic carbocycles. The largest absolute Gasteiger partial charge is 0.338 e. The molecule has 0 aliphatic carbocycles. The number of urea groups is 1. The fourth-order valence-corrected chi connectivity index (χ4v) is 3.89. The van der Waals surface area contributed by atoms with Crippen LogP contribution in [0.2, 0.25) is 0 Å². The van der Waals surface area contributed by atoms with Crippen LogP contribution in [0.25, 0.3) is 0 Å². The maximum atomic E-state index is 12.6. The first-order valence-corrected chi connectivity index (χ1v) is 11.0. The molecule has 0 unspecified atom stereocenters. The molecule has 3 N–H and O–H groups in total. The van der Waals surface area contributed by atoms with Gasteiger partial charge < -0.3 is 10.6 Å². The van der Waals surface area contributed by atoms with Gasteiger partial charge in [0.25, 0.3) is 0 Å². The van der Waals surface area contributed by atoms with Gasteiger partial charge >= 0.3 is 6.03 Å². The van der Waals surface area contributed by atoms with Crippen molar-refractivity contribution in [2.24, 2.45) is 5.92 Å². The molecule has 0 aromatic heterocycles. The van der Waals surface area contributed by atoms with Gasteiger partial charge in [-0.15, -0.1) is 0 Å². The van der Waals surface area contributed by atoms with Crippen molar-refractivity contribution in [1.29, 1.82) is 0 Å². The van der Waals surface area contributed by atoms with E-state index in [1.165, 1.54) is 17.7 Å². The first kappa shape index (κ1) is 21.9. The third kappa shape index (κ3) is 7.32. The smallest absolute Gasteiger partial charge is 0.319 e. The van der Waals surface area contributed by atoms with Crippen molar-refractivity contribution in [1.82, 2.24) is 10.0 Å². The highest BCUT2D eigenvalue weighted by Gasteiger charge is 2.17. The lowest BCUT2D eigenvalue weighted by Crippen LogP contribution is -2.33. The molecule has 0 heterocycles. The van der Waals surface area contributed by atoms with Crippen molar-refractivity contribution >= 4 is 21.7 Å². The molecule has 0 fully saturated rings. The fraction of sp³-hybridized carbons (Fsp3) is 0.381. The van der Waals surface area contributed by atoms with E-state index in [-0.39, 0.29) is 17.0 Å². The molecule has 152 valence electrons. The van der Waals surface area contributed by atoms with Crippen LogP contribution in [0.3, 0.4) is 0 Å². The van der Waals surface area contributed by atoms with Crippen LogP contribution < -0.4 is 15.4 Å². The zero-order valence-corrected chi connectivity index (χ0v) is 17.4. The Kier molecular flexibility index (Phi) is 8.02. The van der Waals surface area contributed by atoms with E-state index in [9.17, 15) is 13.2 Å². The highest BCUT2D eigenvalue weighted by atomic mass is 32.2. The lowest BCUT2D eigenvalue weighted by molar-refractivity contribution is 0.251. The van der Waals surface area contributed by atoms with Crippen LogP contribution in [0, 0.1) is 5.92 Å². The molecule has 28 heavy (non-hydrogen) atoms. The molecule has 0 radical (unpaired) electrons. The van der Waals surface area contributed by atoms with Gasteiger partial charge in [-0.1, -0.05) is 44.2 Å². The number of benzene rings is 2.